The number of rotatable bonds is 1. The number of hydrogen-bond acceptors (Lipinski definition) is 3. The molecule has 0 saturated carbocycles. The molecule has 5 heteroatoms. The molecule has 0 aliphatic rings. The van der Waals surface area contributed by atoms with Crippen LogP contribution in [0.5, 0.6) is 0 Å². The van der Waals surface area contributed by atoms with Crippen molar-refractivity contribution in [2.45, 2.75) is 0 Å². The molecule has 0 aliphatic heterocycles. The molecule has 3 aromatic heterocycles. The molecule has 0 aromatic carbocycles. The fourth-order valence-electron chi connectivity index (χ4n) is 1.64. The zero-order valence-electron chi connectivity index (χ0n) is 8.22. The molecule has 0 saturated heterocycles. The SMILES string of the molecule is Nc1ccc2c(Cl)nc(-c3cccs3)n2c1. The van der Waals surface area contributed by atoms with E-state index in [9.17, 15) is 0 Å². The van der Waals surface area contributed by atoms with Crippen molar-refractivity contribution in [3.05, 3.63) is 41.0 Å². The van der Waals surface area contributed by atoms with Gasteiger partial charge in [0, 0.05) is 11.9 Å². The lowest BCUT2D eigenvalue weighted by Gasteiger charge is -1.99. The molecule has 0 radical (unpaired) electrons. The highest BCUT2D eigenvalue weighted by Crippen LogP contribution is 2.29. The number of fused-ring (bicyclic) bond motifs is 1. The van der Waals surface area contributed by atoms with Crippen LogP contribution in [0.2, 0.25) is 5.15 Å². The van der Waals surface area contributed by atoms with Crippen LogP contribution in [0.3, 0.4) is 0 Å². The molecule has 0 aliphatic carbocycles. The lowest BCUT2D eigenvalue weighted by molar-refractivity contribution is 1.17. The van der Waals surface area contributed by atoms with Gasteiger partial charge in [0.15, 0.2) is 11.0 Å². The second-order valence-electron chi connectivity index (χ2n) is 3.42. The van der Waals surface area contributed by atoms with E-state index in [-0.39, 0.29) is 0 Å². The van der Waals surface area contributed by atoms with Gasteiger partial charge in [0.1, 0.15) is 0 Å². The molecule has 0 amide bonds. The Morgan fingerprint density at radius 3 is 2.94 bits per heavy atom. The first-order valence-corrected chi connectivity index (χ1v) is 5.98. The van der Waals surface area contributed by atoms with E-state index < -0.39 is 0 Å². The lowest BCUT2D eigenvalue weighted by Crippen LogP contribution is -1.91. The summed E-state index contributed by atoms with van der Waals surface area (Å²) < 4.78 is 1.92. The molecule has 3 aromatic rings. The molecular formula is C11H8ClN3S. The van der Waals surface area contributed by atoms with Gasteiger partial charge < -0.3 is 5.73 Å². The summed E-state index contributed by atoms with van der Waals surface area (Å²) in [5.74, 6) is 0.835. The minimum absolute atomic E-state index is 0.503. The summed E-state index contributed by atoms with van der Waals surface area (Å²) in [6, 6.07) is 7.70. The quantitative estimate of drug-likeness (QED) is 0.719. The standard InChI is InChI=1S/C11H8ClN3S/c12-10-8-4-3-7(13)6-15(8)11(14-10)9-2-1-5-16-9/h1-6H,13H2. The van der Waals surface area contributed by atoms with Gasteiger partial charge >= 0.3 is 0 Å². The molecule has 3 rings (SSSR count). The Labute approximate surface area is 101 Å². The minimum Gasteiger partial charge on any atom is -0.398 e. The highest BCUT2D eigenvalue weighted by atomic mass is 35.5. The molecule has 3 nitrogen and oxygen atoms in total. The number of hydrogen-bond donors (Lipinski definition) is 1. The van der Waals surface area contributed by atoms with Crippen molar-refractivity contribution in [2.24, 2.45) is 0 Å². The lowest BCUT2D eigenvalue weighted by atomic mass is 10.4. The third-order valence-corrected chi connectivity index (χ3v) is 3.50. The molecule has 16 heavy (non-hydrogen) atoms. The van der Waals surface area contributed by atoms with Crippen LogP contribution in [0.15, 0.2) is 35.8 Å². The minimum atomic E-state index is 0.503. The van der Waals surface area contributed by atoms with Crippen molar-refractivity contribution < 1.29 is 0 Å². The Balaban J connectivity index is 2.37. The molecule has 80 valence electrons. The van der Waals surface area contributed by atoms with Crippen LogP contribution < -0.4 is 5.73 Å². The van der Waals surface area contributed by atoms with E-state index in [1.165, 1.54) is 0 Å². The zero-order valence-corrected chi connectivity index (χ0v) is 9.79. The summed E-state index contributed by atoms with van der Waals surface area (Å²) in [6.07, 6.45) is 1.84. The van der Waals surface area contributed by atoms with Crippen LogP contribution in [0, 0.1) is 0 Å². The van der Waals surface area contributed by atoms with Gasteiger partial charge in [0.2, 0.25) is 0 Å². The van der Waals surface area contributed by atoms with Gasteiger partial charge in [-0.1, -0.05) is 17.7 Å². The van der Waals surface area contributed by atoms with Gasteiger partial charge in [0.25, 0.3) is 0 Å². The summed E-state index contributed by atoms with van der Waals surface area (Å²) in [7, 11) is 0. The molecule has 3 heterocycles. The Morgan fingerprint density at radius 2 is 2.19 bits per heavy atom. The Hall–Kier alpha value is -1.52. The van der Waals surface area contributed by atoms with Crippen molar-refractivity contribution in [3.63, 3.8) is 0 Å². The Bertz CT molecular complexity index is 643. The fraction of sp³-hybridized carbons (Fsp3) is 0. The topological polar surface area (TPSA) is 43.3 Å². The van der Waals surface area contributed by atoms with Crippen LogP contribution in [-0.4, -0.2) is 9.38 Å². The summed E-state index contributed by atoms with van der Waals surface area (Å²) in [6.45, 7) is 0. The number of nitrogens with two attached hydrogens (primary N) is 1. The first-order valence-electron chi connectivity index (χ1n) is 4.72. The van der Waals surface area contributed by atoms with E-state index in [1.54, 1.807) is 11.3 Å². The van der Waals surface area contributed by atoms with Crippen molar-refractivity contribution in [2.75, 3.05) is 5.73 Å². The average molecular weight is 250 g/mol. The van der Waals surface area contributed by atoms with Crippen LogP contribution in [0.4, 0.5) is 5.69 Å². The second kappa shape index (κ2) is 3.50. The first kappa shape index (κ1) is 9.69. The summed E-state index contributed by atoms with van der Waals surface area (Å²) in [5.41, 5.74) is 7.34. The third kappa shape index (κ3) is 1.38. The molecule has 0 spiro atoms. The van der Waals surface area contributed by atoms with Gasteiger partial charge in [0.05, 0.1) is 10.4 Å². The molecule has 0 bridgehead atoms. The van der Waals surface area contributed by atoms with Crippen LogP contribution in [0.25, 0.3) is 16.2 Å². The predicted octanol–water partition coefficient (Wildman–Crippen LogP) is 3.30. The summed E-state index contributed by atoms with van der Waals surface area (Å²) in [4.78, 5) is 5.43. The van der Waals surface area contributed by atoms with Crippen LogP contribution >= 0.6 is 22.9 Å². The highest BCUT2D eigenvalue weighted by Gasteiger charge is 2.11. The van der Waals surface area contributed by atoms with E-state index in [4.69, 9.17) is 17.3 Å². The monoisotopic (exact) mass is 249 g/mol. The number of anilines is 1. The first-order chi connectivity index (χ1) is 7.75. The Morgan fingerprint density at radius 1 is 1.31 bits per heavy atom. The number of nitrogens with zero attached hydrogens (tertiary/aromatic N) is 2. The molecule has 0 fully saturated rings. The highest BCUT2D eigenvalue weighted by molar-refractivity contribution is 7.13. The van der Waals surface area contributed by atoms with Gasteiger partial charge in [-0.2, -0.15) is 0 Å². The molecule has 2 N–H and O–H groups in total. The number of aromatic nitrogens is 2. The van der Waals surface area contributed by atoms with Gasteiger partial charge in [-0.15, -0.1) is 11.3 Å². The zero-order chi connectivity index (χ0) is 11.1. The third-order valence-electron chi connectivity index (χ3n) is 2.36. The van der Waals surface area contributed by atoms with E-state index in [2.05, 4.69) is 4.98 Å². The maximum atomic E-state index is 6.08. The number of thiophene rings is 1. The van der Waals surface area contributed by atoms with E-state index in [0.29, 0.717) is 10.8 Å². The van der Waals surface area contributed by atoms with Gasteiger partial charge in [-0.25, -0.2) is 4.98 Å². The molecule has 0 unspecified atom stereocenters. The number of pyridine rings is 1. The molecular weight excluding hydrogens is 242 g/mol. The fourth-order valence-corrected chi connectivity index (χ4v) is 2.59. The number of halogens is 1. The van der Waals surface area contributed by atoms with Crippen molar-refractivity contribution in [1.29, 1.82) is 0 Å². The smallest absolute Gasteiger partial charge is 0.156 e. The van der Waals surface area contributed by atoms with Gasteiger partial charge in [-0.3, -0.25) is 4.40 Å². The summed E-state index contributed by atoms with van der Waals surface area (Å²) in [5, 5.41) is 2.51. The largest absolute Gasteiger partial charge is 0.398 e. The maximum Gasteiger partial charge on any atom is 0.156 e. The van der Waals surface area contributed by atoms with Crippen molar-refractivity contribution in [1.82, 2.24) is 9.38 Å². The Kier molecular flexibility index (Phi) is 2.12. The van der Waals surface area contributed by atoms with Crippen molar-refractivity contribution >= 4 is 34.1 Å². The van der Waals surface area contributed by atoms with Gasteiger partial charge in [-0.05, 0) is 23.6 Å². The van der Waals surface area contributed by atoms with E-state index in [1.807, 2.05) is 40.2 Å². The van der Waals surface area contributed by atoms with Crippen LogP contribution in [0.1, 0.15) is 0 Å². The molecule has 0 atom stereocenters. The van der Waals surface area contributed by atoms with Crippen molar-refractivity contribution in [3.8, 4) is 10.7 Å². The number of imidazole rings is 1. The van der Waals surface area contributed by atoms with E-state index >= 15 is 0 Å². The second-order valence-corrected chi connectivity index (χ2v) is 4.73. The van der Waals surface area contributed by atoms with E-state index in [0.717, 1.165) is 16.2 Å². The normalized spacial score (nSPS) is 11.1. The average Bonchev–Trinajstić information content (AvgIpc) is 2.86. The predicted molar refractivity (Wildman–Crippen MR) is 67.9 cm³/mol. The maximum absolute atomic E-state index is 6.08. The summed E-state index contributed by atoms with van der Waals surface area (Å²) >= 11 is 7.71. The van der Waals surface area contributed by atoms with Crippen LogP contribution in [-0.2, 0) is 0 Å². The number of nitrogen functional groups attached to an aromatic ring is 1.